The van der Waals surface area contributed by atoms with Gasteiger partial charge >= 0.3 is 0 Å². The third kappa shape index (κ3) is 3.14. The van der Waals surface area contributed by atoms with Gasteiger partial charge in [-0.3, -0.25) is 0 Å². The van der Waals surface area contributed by atoms with E-state index in [9.17, 15) is 0 Å². The summed E-state index contributed by atoms with van der Waals surface area (Å²) in [4.78, 5) is 0. The molecule has 0 amide bonds. The van der Waals surface area contributed by atoms with Crippen LogP contribution in [0.3, 0.4) is 0 Å². The molecular weight excluding hydrogens is 172 g/mol. The van der Waals surface area contributed by atoms with Gasteiger partial charge < -0.3 is 4.74 Å². The van der Waals surface area contributed by atoms with Crippen molar-refractivity contribution in [1.29, 1.82) is 0 Å². The predicted octanol–water partition coefficient (Wildman–Crippen LogP) is 3.09. The second-order valence-corrected chi connectivity index (χ2v) is 3.31. The van der Waals surface area contributed by atoms with Crippen LogP contribution in [0.15, 0.2) is 24.3 Å². The van der Waals surface area contributed by atoms with E-state index in [0.717, 1.165) is 17.7 Å². The molecule has 0 aliphatic carbocycles. The van der Waals surface area contributed by atoms with E-state index in [1.165, 1.54) is 0 Å². The largest absolute Gasteiger partial charge is 0.497 e. The fourth-order valence-electron chi connectivity index (χ4n) is 0.983. The van der Waals surface area contributed by atoms with Gasteiger partial charge in [-0.2, -0.15) is 0 Å². The van der Waals surface area contributed by atoms with Crippen LogP contribution in [0.5, 0.6) is 5.75 Å². The predicted molar refractivity (Wildman–Crippen MR) is 59.3 cm³/mol. The van der Waals surface area contributed by atoms with Crippen LogP contribution < -0.4 is 4.74 Å². The average Bonchev–Trinajstić information content (AvgIpc) is 2.26. The Hall–Kier alpha value is -1.42. The van der Waals surface area contributed by atoms with Crippen molar-refractivity contribution in [1.82, 2.24) is 0 Å². The summed E-state index contributed by atoms with van der Waals surface area (Å²) in [5, 5.41) is 0. The van der Waals surface area contributed by atoms with Crippen LogP contribution in [0.25, 0.3) is 0 Å². The zero-order valence-electron chi connectivity index (χ0n) is 9.00. The standard InChI is InChI=1S/C13H16O/c1-4-11(2)5-6-12-7-9-13(14-3)10-8-12/h7-11H,4H2,1-3H3/t11-/m0/s1. The van der Waals surface area contributed by atoms with Crippen LogP contribution in [0, 0.1) is 17.8 Å². The van der Waals surface area contributed by atoms with E-state index in [1.54, 1.807) is 7.11 Å². The van der Waals surface area contributed by atoms with Crippen molar-refractivity contribution in [2.75, 3.05) is 7.11 Å². The summed E-state index contributed by atoms with van der Waals surface area (Å²) in [5.41, 5.74) is 1.05. The maximum absolute atomic E-state index is 5.07. The summed E-state index contributed by atoms with van der Waals surface area (Å²) in [5.74, 6) is 7.68. The molecule has 1 atom stereocenters. The van der Waals surface area contributed by atoms with E-state index < -0.39 is 0 Å². The lowest BCUT2D eigenvalue weighted by atomic mass is 10.1. The first-order valence-electron chi connectivity index (χ1n) is 4.92. The quantitative estimate of drug-likeness (QED) is 0.648. The molecule has 0 saturated carbocycles. The zero-order chi connectivity index (χ0) is 10.4. The highest BCUT2D eigenvalue weighted by Gasteiger charge is 1.92. The Kier molecular flexibility index (Phi) is 4.07. The molecule has 1 aromatic rings. The number of hydrogen-bond donors (Lipinski definition) is 0. The molecule has 0 aromatic heterocycles. The van der Waals surface area contributed by atoms with E-state index in [4.69, 9.17) is 4.74 Å². The lowest BCUT2D eigenvalue weighted by Crippen LogP contribution is -1.86. The molecule has 14 heavy (non-hydrogen) atoms. The van der Waals surface area contributed by atoms with Gasteiger partial charge in [-0.05, 0) is 30.7 Å². The van der Waals surface area contributed by atoms with Gasteiger partial charge in [0.05, 0.1) is 7.11 Å². The SMILES string of the molecule is CC[C@H](C)C#Cc1ccc(OC)cc1. The van der Waals surface area contributed by atoms with Gasteiger partial charge in [0.15, 0.2) is 0 Å². The van der Waals surface area contributed by atoms with Gasteiger partial charge in [0.1, 0.15) is 5.75 Å². The minimum atomic E-state index is 0.470. The molecule has 1 aromatic carbocycles. The number of methoxy groups -OCH3 is 1. The third-order valence-corrected chi connectivity index (χ3v) is 2.17. The topological polar surface area (TPSA) is 9.23 Å². The Bertz CT molecular complexity index is 326. The van der Waals surface area contributed by atoms with E-state index >= 15 is 0 Å². The Morgan fingerprint density at radius 3 is 2.43 bits per heavy atom. The summed E-state index contributed by atoms with van der Waals surface area (Å²) < 4.78 is 5.07. The van der Waals surface area contributed by atoms with Gasteiger partial charge in [-0.1, -0.05) is 25.7 Å². The van der Waals surface area contributed by atoms with E-state index in [0.29, 0.717) is 5.92 Å². The Morgan fingerprint density at radius 2 is 1.93 bits per heavy atom. The van der Waals surface area contributed by atoms with Crippen LogP contribution in [0.1, 0.15) is 25.8 Å². The second kappa shape index (κ2) is 5.34. The number of benzene rings is 1. The van der Waals surface area contributed by atoms with Crippen molar-refractivity contribution in [2.45, 2.75) is 20.3 Å². The van der Waals surface area contributed by atoms with Crippen LogP contribution in [-0.2, 0) is 0 Å². The highest BCUT2D eigenvalue weighted by Crippen LogP contribution is 2.10. The minimum Gasteiger partial charge on any atom is -0.497 e. The molecule has 0 aliphatic heterocycles. The molecule has 0 fully saturated rings. The van der Waals surface area contributed by atoms with Crippen LogP contribution >= 0.6 is 0 Å². The van der Waals surface area contributed by atoms with Crippen LogP contribution in [-0.4, -0.2) is 7.11 Å². The number of hydrogen-bond acceptors (Lipinski definition) is 1. The van der Waals surface area contributed by atoms with E-state index in [-0.39, 0.29) is 0 Å². The monoisotopic (exact) mass is 188 g/mol. The van der Waals surface area contributed by atoms with Crippen LogP contribution in [0.4, 0.5) is 0 Å². The van der Waals surface area contributed by atoms with Gasteiger partial charge in [0.2, 0.25) is 0 Å². The molecule has 0 spiro atoms. The van der Waals surface area contributed by atoms with E-state index in [2.05, 4.69) is 25.7 Å². The smallest absolute Gasteiger partial charge is 0.118 e. The zero-order valence-corrected chi connectivity index (χ0v) is 9.00. The average molecular weight is 188 g/mol. The molecule has 1 nitrogen and oxygen atoms in total. The first kappa shape index (κ1) is 10.7. The maximum Gasteiger partial charge on any atom is 0.118 e. The van der Waals surface area contributed by atoms with Crippen molar-refractivity contribution in [3.63, 3.8) is 0 Å². The highest BCUT2D eigenvalue weighted by molar-refractivity contribution is 5.38. The first-order chi connectivity index (χ1) is 6.76. The van der Waals surface area contributed by atoms with Gasteiger partial charge in [0.25, 0.3) is 0 Å². The third-order valence-electron chi connectivity index (χ3n) is 2.17. The van der Waals surface area contributed by atoms with E-state index in [1.807, 2.05) is 24.3 Å². The molecule has 0 N–H and O–H groups in total. The summed E-state index contributed by atoms with van der Waals surface area (Å²) in [6, 6.07) is 7.82. The number of ether oxygens (including phenoxy) is 1. The van der Waals surface area contributed by atoms with Crippen molar-refractivity contribution in [2.24, 2.45) is 5.92 Å². The molecule has 0 radical (unpaired) electrons. The summed E-state index contributed by atoms with van der Waals surface area (Å²) >= 11 is 0. The molecule has 0 heterocycles. The molecule has 1 rings (SSSR count). The fraction of sp³-hybridized carbons (Fsp3) is 0.385. The number of rotatable bonds is 2. The molecule has 0 unspecified atom stereocenters. The fourth-order valence-corrected chi connectivity index (χ4v) is 0.983. The van der Waals surface area contributed by atoms with Gasteiger partial charge in [-0.15, -0.1) is 0 Å². The highest BCUT2D eigenvalue weighted by atomic mass is 16.5. The normalized spacial score (nSPS) is 11.4. The summed E-state index contributed by atoms with van der Waals surface area (Å²) in [7, 11) is 1.67. The summed E-state index contributed by atoms with van der Waals surface area (Å²) in [6.07, 6.45) is 1.10. The van der Waals surface area contributed by atoms with Crippen LogP contribution in [0.2, 0.25) is 0 Å². The van der Waals surface area contributed by atoms with Crippen molar-refractivity contribution < 1.29 is 4.74 Å². The Labute approximate surface area is 86.1 Å². The molecule has 74 valence electrons. The van der Waals surface area contributed by atoms with Crippen molar-refractivity contribution in [3.05, 3.63) is 29.8 Å². The lowest BCUT2D eigenvalue weighted by molar-refractivity contribution is 0.415. The van der Waals surface area contributed by atoms with Gasteiger partial charge in [0, 0.05) is 11.5 Å². The maximum atomic E-state index is 5.07. The minimum absolute atomic E-state index is 0.470. The molecular formula is C13H16O. The molecule has 1 heteroatoms. The second-order valence-electron chi connectivity index (χ2n) is 3.31. The van der Waals surface area contributed by atoms with Crippen molar-refractivity contribution in [3.8, 4) is 17.6 Å². The molecule has 0 saturated heterocycles. The molecule has 0 aliphatic rings. The first-order valence-corrected chi connectivity index (χ1v) is 4.92. The lowest BCUT2D eigenvalue weighted by Gasteiger charge is -1.98. The Morgan fingerprint density at radius 1 is 1.29 bits per heavy atom. The summed E-state index contributed by atoms with van der Waals surface area (Å²) in [6.45, 7) is 4.28. The molecule has 0 bridgehead atoms. The van der Waals surface area contributed by atoms with Crippen molar-refractivity contribution >= 4 is 0 Å². The van der Waals surface area contributed by atoms with Gasteiger partial charge in [-0.25, -0.2) is 0 Å². The Balaban J connectivity index is 2.71.